The molecule has 0 spiro atoms. The van der Waals surface area contributed by atoms with Gasteiger partial charge < -0.3 is 5.32 Å². The summed E-state index contributed by atoms with van der Waals surface area (Å²) in [6.45, 7) is 0.923. The van der Waals surface area contributed by atoms with Gasteiger partial charge in [0.25, 0.3) is 0 Å². The van der Waals surface area contributed by atoms with Crippen LogP contribution in [0.4, 0.5) is 10.1 Å². The fourth-order valence-corrected chi connectivity index (χ4v) is 3.26. The Hall–Kier alpha value is -1.05. The monoisotopic (exact) mass is 219 g/mol. The van der Waals surface area contributed by atoms with Crippen LogP contribution in [0.2, 0.25) is 0 Å². The Morgan fingerprint density at radius 2 is 2.06 bits per heavy atom. The molecule has 1 aliphatic carbocycles. The molecule has 1 unspecified atom stereocenters. The third kappa shape index (κ3) is 1.70. The maximum Gasteiger partial charge on any atom is 0.146 e. The molecule has 1 aromatic carbocycles. The highest BCUT2D eigenvalue weighted by Gasteiger charge is 2.28. The van der Waals surface area contributed by atoms with E-state index in [2.05, 4.69) is 11.4 Å². The van der Waals surface area contributed by atoms with Gasteiger partial charge in [0.15, 0.2) is 0 Å². The molecule has 16 heavy (non-hydrogen) atoms. The molecular weight excluding hydrogens is 201 g/mol. The molecule has 1 nitrogen and oxygen atoms in total. The van der Waals surface area contributed by atoms with Gasteiger partial charge in [0.05, 0.1) is 5.69 Å². The molecule has 2 heteroatoms. The maximum absolute atomic E-state index is 13.5. The first-order valence-electron chi connectivity index (χ1n) is 6.37. The summed E-state index contributed by atoms with van der Waals surface area (Å²) in [7, 11) is 0. The number of fused-ring (bicyclic) bond motifs is 1. The van der Waals surface area contributed by atoms with Crippen molar-refractivity contribution in [3.8, 4) is 0 Å². The lowest BCUT2D eigenvalue weighted by molar-refractivity contribution is 0.460. The zero-order valence-corrected chi connectivity index (χ0v) is 9.51. The summed E-state index contributed by atoms with van der Waals surface area (Å²) >= 11 is 0. The van der Waals surface area contributed by atoms with Crippen molar-refractivity contribution in [1.29, 1.82) is 0 Å². The van der Waals surface area contributed by atoms with E-state index in [0.29, 0.717) is 5.92 Å². The number of para-hydroxylation sites is 1. The van der Waals surface area contributed by atoms with E-state index < -0.39 is 0 Å². The predicted octanol–water partition coefficient (Wildman–Crippen LogP) is 3.92. The number of nitrogens with one attached hydrogen (secondary N) is 1. The van der Waals surface area contributed by atoms with Crippen molar-refractivity contribution in [1.82, 2.24) is 0 Å². The van der Waals surface area contributed by atoms with Crippen molar-refractivity contribution in [3.63, 3.8) is 0 Å². The maximum atomic E-state index is 13.5. The Morgan fingerprint density at radius 3 is 2.88 bits per heavy atom. The molecule has 1 aliphatic heterocycles. The van der Waals surface area contributed by atoms with Crippen LogP contribution in [0, 0.1) is 11.7 Å². The van der Waals surface area contributed by atoms with Crippen LogP contribution in [0.5, 0.6) is 0 Å². The molecule has 1 aromatic rings. The smallest absolute Gasteiger partial charge is 0.146 e. The first kappa shape index (κ1) is 10.1. The SMILES string of the molecule is Fc1cccc2c1NCC2CC1CCCC1. The first-order chi connectivity index (χ1) is 7.84. The quantitative estimate of drug-likeness (QED) is 0.795. The van der Waals surface area contributed by atoms with Crippen molar-refractivity contribution >= 4 is 5.69 Å². The molecule has 1 atom stereocenters. The summed E-state index contributed by atoms with van der Waals surface area (Å²) in [6.07, 6.45) is 6.77. The van der Waals surface area contributed by atoms with Crippen LogP contribution in [0.25, 0.3) is 0 Å². The van der Waals surface area contributed by atoms with Gasteiger partial charge in [-0.25, -0.2) is 4.39 Å². The minimum atomic E-state index is -0.0913. The molecule has 1 fully saturated rings. The van der Waals surface area contributed by atoms with Gasteiger partial charge in [-0.05, 0) is 24.0 Å². The van der Waals surface area contributed by atoms with Crippen LogP contribution in [0.3, 0.4) is 0 Å². The molecule has 3 rings (SSSR count). The Kier molecular flexibility index (Phi) is 2.58. The van der Waals surface area contributed by atoms with Crippen LogP contribution in [-0.4, -0.2) is 6.54 Å². The summed E-state index contributed by atoms with van der Waals surface area (Å²) in [5.74, 6) is 1.32. The number of hydrogen-bond donors (Lipinski definition) is 1. The molecule has 1 saturated carbocycles. The van der Waals surface area contributed by atoms with E-state index in [0.717, 1.165) is 18.2 Å². The molecule has 0 amide bonds. The van der Waals surface area contributed by atoms with Gasteiger partial charge in [0.2, 0.25) is 0 Å². The summed E-state index contributed by atoms with van der Waals surface area (Å²) in [5.41, 5.74) is 1.96. The highest BCUT2D eigenvalue weighted by Crippen LogP contribution is 2.40. The predicted molar refractivity (Wildman–Crippen MR) is 64.2 cm³/mol. The molecule has 1 heterocycles. The zero-order valence-electron chi connectivity index (χ0n) is 9.51. The lowest BCUT2D eigenvalue weighted by atomic mass is 9.89. The van der Waals surface area contributed by atoms with E-state index in [-0.39, 0.29) is 5.82 Å². The fraction of sp³-hybridized carbons (Fsp3) is 0.571. The van der Waals surface area contributed by atoms with Crippen LogP contribution in [0.1, 0.15) is 43.6 Å². The average molecular weight is 219 g/mol. The molecule has 0 bridgehead atoms. The Labute approximate surface area is 96.1 Å². The standard InChI is InChI=1S/C14H18FN/c15-13-7-3-6-12-11(9-16-14(12)13)8-10-4-1-2-5-10/h3,6-7,10-11,16H,1-2,4-5,8-9H2. The topological polar surface area (TPSA) is 12.0 Å². The van der Waals surface area contributed by atoms with Crippen molar-refractivity contribution in [2.24, 2.45) is 5.92 Å². The summed E-state index contributed by atoms with van der Waals surface area (Å²) < 4.78 is 13.5. The average Bonchev–Trinajstić information content (AvgIpc) is 2.90. The number of rotatable bonds is 2. The molecule has 1 N–H and O–H groups in total. The number of hydrogen-bond acceptors (Lipinski definition) is 1. The fourth-order valence-electron chi connectivity index (χ4n) is 3.26. The van der Waals surface area contributed by atoms with Crippen molar-refractivity contribution in [2.75, 3.05) is 11.9 Å². The lowest BCUT2D eigenvalue weighted by Gasteiger charge is -2.15. The van der Waals surface area contributed by atoms with Gasteiger partial charge >= 0.3 is 0 Å². The van der Waals surface area contributed by atoms with Crippen LogP contribution >= 0.6 is 0 Å². The highest BCUT2D eigenvalue weighted by molar-refractivity contribution is 5.58. The molecular formula is C14H18FN. The third-order valence-corrected chi connectivity index (χ3v) is 4.10. The van der Waals surface area contributed by atoms with Crippen LogP contribution < -0.4 is 5.32 Å². The second kappa shape index (κ2) is 4.08. The van der Waals surface area contributed by atoms with Crippen LogP contribution in [0.15, 0.2) is 18.2 Å². The Morgan fingerprint density at radius 1 is 1.25 bits per heavy atom. The highest BCUT2D eigenvalue weighted by atomic mass is 19.1. The van der Waals surface area contributed by atoms with Gasteiger partial charge in [-0.15, -0.1) is 0 Å². The number of halogens is 1. The van der Waals surface area contributed by atoms with E-state index >= 15 is 0 Å². The minimum absolute atomic E-state index is 0.0913. The van der Waals surface area contributed by atoms with E-state index in [9.17, 15) is 4.39 Å². The van der Waals surface area contributed by atoms with Gasteiger partial charge in [-0.1, -0.05) is 37.8 Å². The lowest BCUT2D eigenvalue weighted by Crippen LogP contribution is -2.07. The van der Waals surface area contributed by atoms with E-state index in [1.165, 1.54) is 37.7 Å². The van der Waals surface area contributed by atoms with Crippen molar-refractivity contribution in [2.45, 2.75) is 38.0 Å². The van der Waals surface area contributed by atoms with E-state index in [1.54, 1.807) is 6.07 Å². The van der Waals surface area contributed by atoms with Crippen LogP contribution in [-0.2, 0) is 0 Å². The molecule has 0 saturated heterocycles. The summed E-state index contributed by atoms with van der Waals surface area (Å²) in [4.78, 5) is 0. The van der Waals surface area contributed by atoms with Gasteiger partial charge in [-0.2, -0.15) is 0 Å². The third-order valence-electron chi connectivity index (χ3n) is 4.10. The number of anilines is 1. The normalized spacial score (nSPS) is 24.4. The molecule has 86 valence electrons. The second-order valence-electron chi connectivity index (χ2n) is 5.17. The Bertz CT molecular complexity index is 382. The first-order valence-corrected chi connectivity index (χ1v) is 6.37. The molecule has 0 radical (unpaired) electrons. The van der Waals surface area contributed by atoms with E-state index in [1.807, 2.05) is 6.07 Å². The largest absolute Gasteiger partial charge is 0.382 e. The van der Waals surface area contributed by atoms with E-state index in [4.69, 9.17) is 0 Å². The molecule has 0 aromatic heterocycles. The second-order valence-corrected chi connectivity index (χ2v) is 5.17. The Balaban J connectivity index is 1.78. The zero-order chi connectivity index (χ0) is 11.0. The van der Waals surface area contributed by atoms with Crippen molar-refractivity contribution < 1.29 is 4.39 Å². The molecule has 2 aliphatic rings. The van der Waals surface area contributed by atoms with Gasteiger partial charge in [-0.3, -0.25) is 0 Å². The minimum Gasteiger partial charge on any atom is -0.382 e. The summed E-state index contributed by atoms with van der Waals surface area (Å²) in [6, 6.07) is 5.46. The van der Waals surface area contributed by atoms with Crippen molar-refractivity contribution in [3.05, 3.63) is 29.6 Å². The number of benzene rings is 1. The summed E-state index contributed by atoms with van der Waals surface area (Å²) in [5, 5.41) is 3.22. The van der Waals surface area contributed by atoms with Gasteiger partial charge in [0.1, 0.15) is 5.82 Å². The van der Waals surface area contributed by atoms with Gasteiger partial charge in [0, 0.05) is 12.5 Å².